The van der Waals surface area contributed by atoms with E-state index in [0.717, 1.165) is 58.9 Å². The number of benzene rings is 1. The van der Waals surface area contributed by atoms with Gasteiger partial charge in [-0.3, -0.25) is 4.90 Å². The van der Waals surface area contributed by atoms with Crippen molar-refractivity contribution >= 4 is 15.9 Å². The summed E-state index contributed by atoms with van der Waals surface area (Å²) in [5.74, 6) is 0. The molecule has 1 aromatic rings. The highest BCUT2D eigenvalue weighted by Crippen LogP contribution is 2.13. The normalized spacial score (nSPS) is 20.4. The zero-order valence-corrected chi connectivity index (χ0v) is 15.0. The molecular formula is C17H29BrN4. The Kier molecular flexibility index (Phi) is 9.05. The SMILES string of the molecule is Brc1cccc(CN2CCCNCCNCCCNCC2)c1. The number of hydrogen-bond acceptors (Lipinski definition) is 4. The molecule has 0 spiro atoms. The maximum Gasteiger partial charge on any atom is 0.0234 e. The molecule has 0 aromatic heterocycles. The smallest absolute Gasteiger partial charge is 0.0234 e. The van der Waals surface area contributed by atoms with E-state index in [9.17, 15) is 0 Å². The minimum absolute atomic E-state index is 1.03. The van der Waals surface area contributed by atoms with Crippen molar-refractivity contribution in [3.05, 3.63) is 34.3 Å². The van der Waals surface area contributed by atoms with Crippen LogP contribution in [-0.2, 0) is 6.54 Å². The van der Waals surface area contributed by atoms with Gasteiger partial charge >= 0.3 is 0 Å². The Balaban J connectivity index is 1.82. The first-order valence-corrected chi connectivity index (χ1v) is 9.23. The van der Waals surface area contributed by atoms with Crippen LogP contribution in [-0.4, -0.2) is 57.3 Å². The summed E-state index contributed by atoms with van der Waals surface area (Å²) in [6.45, 7) is 9.81. The highest BCUT2D eigenvalue weighted by Gasteiger charge is 2.06. The van der Waals surface area contributed by atoms with Crippen LogP contribution in [0.3, 0.4) is 0 Å². The summed E-state index contributed by atoms with van der Waals surface area (Å²) < 4.78 is 1.17. The minimum atomic E-state index is 1.03. The molecule has 0 atom stereocenters. The predicted octanol–water partition coefficient (Wildman–Crippen LogP) is 1.81. The van der Waals surface area contributed by atoms with Crippen molar-refractivity contribution in [1.29, 1.82) is 0 Å². The van der Waals surface area contributed by atoms with E-state index in [1.807, 2.05) is 0 Å². The van der Waals surface area contributed by atoms with Crippen LogP contribution in [0.15, 0.2) is 28.7 Å². The Morgan fingerprint density at radius 1 is 0.864 bits per heavy atom. The molecule has 2 rings (SSSR count). The topological polar surface area (TPSA) is 39.3 Å². The molecule has 1 aliphatic heterocycles. The molecule has 1 heterocycles. The number of nitrogens with one attached hydrogen (secondary N) is 3. The van der Waals surface area contributed by atoms with E-state index in [4.69, 9.17) is 0 Å². The van der Waals surface area contributed by atoms with Gasteiger partial charge in [0.2, 0.25) is 0 Å². The summed E-state index contributed by atoms with van der Waals surface area (Å²) >= 11 is 3.57. The van der Waals surface area contributed by atoms with Gasteiger partial charge in [0.25, 0.3) is 0 Å². The molecular weight excluding hydrogens is 340 g/mol. The lowest BCUT2D eigenvalue weighted by molar-refractivity contribution is 0.260. The zero-order chi connectivity index (χ0) is 15.5. The molecule has 5 heteroatoms. The van der Waals surface area contributed by atoms with Gasteiger partial charge in [0.1, 0.15) is 0 Å². The Bertz CT molecular complexity index is 399. The van der Waals surface area contributed by atoms with Gasteiger partial charge in [-0.2, -0.15) is 0 Å². The van der Waals surface area contributed by atoms with Gasteiger partial charge in [0, 0.05) is 37.2 Å². The fraction of sp³-hybridized carbons (Fsp3) is 0.647. The van der Waals surface area contributed by atoms with E-state index in [1.165, 1.54) is 22.9 Å². The maximum atomic E-state index is 3.57. The zero-order valence-electron chi connectivity index (χ0n) is 13.4. The fourth-order valence-corrected chi connectivity index (χ4v) is 3.17. The van der Waals surface area contributed by atoms with E-state index in [-0.39, 0.29) is 0 Å². The Morgan fingerprint density at radius 3 is 2.36 bits per heavy atom. The van der Waals surface area contributed by atoms with Crippen molar-refractivity contribution in [3.63, 3.8) is 0 Å². The highest BCUT2D eigenvalue weighted by molar-refractivity contribution is 9.10. The second-order valence-corrected chi connectivity index (χ2v) is 6.78. The number of nitrogens with zero attached hydrogens (tertiary/aromatic N) is 1. The second kappa shape index (κ2) is 11.1. The van der Waals surface area contributed by atoms with E-state index in [0.29, 0.717) is 0 Å². The molecule has 124 valence electrons. The van der Waals surface area contributed by atoms with Crippen molar-refractivity contribution in [3.8, 4) is 0 Å². The molecule has 0 unspecified atom stereocenters. The minimum Gasteiger partial charge on any atom is -0.315 e. The lowest BCUT2D eigenvalue weighted by Crippen LogP contribution is -2.36. The molecule has 3 N–H and O–H groups in total. The summed E-state index contributed by atoms with van der Waals surface area (Å²) in [5.41, 5.74) is 1.38. The monoisotopic (exact) mass is 368 g/mol. The molecule has 1 fully saturated rings. The van der Waals surface area contributed by atoms with Crippen LogP contribution in [0.1, 0.15) is 18.4 Å². The molecule has 1 aliphatic rings. The standard InChI is InChI=1S/C17H29BrN4/c18-17-5-1-4-16(14-17)15-22-12-3-8-20-10-9-19-6-2-7-21-11-13-22/h1,4-5,14,19-21H,2-3,6-13,15H2. The van der Waals surface area contributed by atoms with Gasteiger partial charge in [0.15, 0.2) is 0 Å². The van der Waals surface area contributed by atoms with Crippen molar-refractivity contribution in [2.45, 2.75) is 19.4 Å². The Labute approximate surface area is 143 Å². The van der Waals surface area contributed by atoms with Gasteiger partial charge in [-0.25, -0.2) is 0 Å². The van der Waals surface area contributed by atoms with E-state index >= 15 is 0 Å². The third kappa shape index (κ3) is 7.70. The maximum absolute atomic E-state index is 3.57. The van der Waals surface area contributed by atoms with Crippen LogP contribution in [0.2, 0.25) is 0 Å². The summed E-state index contributed by atoms with van der Waals surface area (Å²) in [4.78, 5) is 2.56. The summed E-state index contributed by atoms with van der Waals surface area (Å²) in [5, 5.41) is 10.5. The van der Waals surface area contributed by atoms with Crippen LogP contribution in [0.4, 0.5) is 0 Å². The Morgan fingerprint density at radius 2 is 1.59 bits per heavy atom. The number of halogens is 1. The van der Waals surface area contributed by atoms with Crippen molar-refractivity contribution < 1.29 is 0 Å². The average Bonchev–Trinajstić information content (AvgIpc) is 2.51. The van der Waals surface area contributed by atoms with Crippen LogP contribution < -0.4 is 16.0 Å². The van der Waals surface area contributed by atoms with Gasteiger partial charge in [-0.15, -0.1) is 0 Å². The second-order valence-electron chi connectivity index (χ2n) is 5.86. The molecule has 0 aliphatic carbocycles. The first-order valence-electron chi connectivity index (χ1n) is 8.43. The van der Waals surface area contributed by atoms with E-state index in [1.54, 1.807) is 0 Å². The van der Waals surface area contributed by atoms with Crippen molar-refractivity contribution in [1.82, 2.24) is 20.9 Å². The van der Waals surface area contributed by atoms with E-state index in [2.05, 4.69) is 61.0 Å². The molecule has 1 aromatic carbocycles. The lowest BCUT2D eigenvalue weighted by atomic mass is 10.2. The number of hydrogen-bond donors (Lipinski definition) is 3. The fourth-order valence-electron chi connectivity index (χ4n) is 2.72. The van der Waals surface area contributed by atoms with Crippen LogP contribution >= 0.6 is 15.9 Å². The number of rotatable bonds is 2. The molecule has 0 amide bonds. The first-order chi connectivity index (χ1) is 10.8. The van der Waals surface area contributed by atoms with Gasteiger partial charge in [-0.05, 0) is 56.7 Å². The van der Waals surface area contributed by atoms with Crippen molar-refractivity contribution in [2.75, 3.05) is 52.4 Å². The van der Waals surface area contributed by atoms with Gasteiger partial charge < -0.3 is 16.0 Å². The quantitative estimate of drug-likeness (QED) is 0.744. The average molecular weight is 369 g/mol. The van der Waals surface area contributed by atoms with E-state index < -0.39 is 0 Å². The third-order valence-corrected chi connectivity index (χ3v) is 4.41. The van der Waals surface area contributed by atoms with Gasteiger partial charge in [-0.1, -0.05) is 28.1 Å². The van der Waals surface area contributed by atoms with Crippen LogP contribution in [0, 0.1) is 0 Å². The summed E-state index contributed by atoms with van der Waals surface area (Å²) in [6, 6.07) is 8.65. The molecule has 1 saturated heterocycles. The molecule has 0 radical (unpaired) electrons. The lowest BCUT2D eigenvalue weighted by Gasteiger charge is -2.23. The predicted molar refractivity (Wildman–Crippen MR) is 97.3 cm³/mol. The highest BCUT2D eigenvalue weighted by atomic mass is 79.9. The summed E-state index contributed by atoms with van der Waals surface area (Å²) in [7, 11) is 0. The molecule has 0 bridgehead atoms. The van der Waals surface area contributed by atoms with Crippen LogP contribution in [0.25, 0.3) is 0 Å². The van der Waals surface area contributed by atoms with Crippen LogP contribution in [0.5, 0.6) is 0 Å². The van der Waals surface area contributed by atoms with Gasteiger partial charge in [0.05, 0.1) is 0 Å². The van der Waals surface area contributed by atoms with Crippen molar-refractivity contribution in [2.24, 2.45) is 0 Å². The molecule has 0 saturated carbocycles. The Hall–Kier alpha value is -0.460. The molecule has 4 nitrogen and oxygen atoms in total. The molecule has 22 heavy (non-hydrogen) atoms. The first kappa shape index (κ1) is 17.9. The third-order valence-electron chi connectivity index (χ3n) is 3.91. The largest absolute Gasteiger partial charge is 0.315 e. The summed E-state index contributed by atoms with van der Waals surface area (Å²) in [6.07, 6.45) is 2.40.